The molecule has 0 aliphatic carbocycles. The van der Waals surface area contributed by atoms with Gasteiger partial charge in [0.05, 0.1) is 4.47 Å². The van der Waals surface area contributed by atoms with Gasteiger partial charge in [0.25, 0.3) is 5.91 Å². The quantitative estimate of drug-likeness (QED) is 0.759. The maximum atomic E-state index is 11.4. The summed E-state index contributed by atoms with van der Waals surface area (Å²) in [6, 6.07) is 9.23. The summed E-state index contributed by atoms with van der Waals surface area (Å²) >= 11 is 3.24. The molecule has 0 bridgehead atoms. The van der Waals surface area contributed by atoms with E-state index in [0.29, 0.717) is 4.47 Å². The van der Waals surface area contributed by atoms with Crippen molar-refractivity contribution in [2.24, 2.45) is 5.73 Å². The molecule has 0 aliphatic rings. The van der Waals surface area contributed by atoms with Crippen LogP contribution in [0.15, 0.2) is 41.0 Å². The number of aromatic nitrogens is 1. The van der Waals surface area contributed by atoms with Crippen molar-refractivity contribution in [3.63, 3.8) is 0 Å². The molecule has 5 nitrogen and oxygen atoms in total. The molecule has 0 saturated heterocycles. The second-order valence-corrected chi connectivity index (χ2v) is 4.24. The lowest BCUT2D eigenvalue weighted by molar-refractivity contribution is 0.0994. The zero-order valence-corrected chi connectivity index (χ0v) is 10.3. The Kier molecular flexibility index (Phi) is 3.16. The standard InChI is InChI=1S/C11H10BrN3O2/c12-8-6-15(7-4-2-1-3-5-7)10(11(13)16)9(8)14-17/h1-6,14,17H,(H2,13,16). The summed E-state index contributed by atoms with van der Waals surface area (Å²) in [5, 5.41) is 9.01. The zero-order valence-electron chi connectivity index (χ0n) is 8.72. The molecule has 0 aliphatic heterocycles. The Labute approximate surface area is 106 Å². The van der Waals surface area contributed by atoms with Crippen LogP contribution in [0.5, 0.6) is 0 Å². The van der Waals surface area contributed by atoms with Gasteiger partial charge in [-0.15, -0.1) is 0 Å². The fourth-order valence-corrected chi connectivity index (χ4v) is 2.10. The molecule has 0 saturated carbocycles. The van der Waals surface area contributed by atoms with Crippen molar-refractivity contribution >= 4 is 27.5 Å². The highest BCUT2D eigenvalue weighted by molar-refractivity contribution is 9.10. The molecule has 0 spiro atoms. The first-order valence-corrected chi connectivity index (χ1v) is 5.60. The number of carbonyl (C=O) groups excluding carboxylic acids is 1. The van der Waals surface area contributed by atoms with Crippen molar-refractivity contribution in [1.82, 2.24) is 4.57 Å². The number of rotatable bonds is 3. The first-order chi connectivity index (χ1) is 8.15. The van der Waals surface area contributed by atoms with E-state index in [1.54, 1.807) is 10.8 Å². The van der Waals surface area contributed by atoms with Gasteiger partial charge in [-0.3, -0.25) is 15.5 Å². The van der Waals surface area contributed by atoms with Gasteiger partial charge in [-0.2, -0.15) is 0 Å². The summed E-state index contributed by atoms with van der Waals surface area (Å²) in [7, 11) is 0. The van der Waals surface area contributed by atoms with Crippen LogP contribution >= 0.6 is 15.9 Å². The molecule has 1 amide bonds. The second kappa shape index (κ2) is 4.60. The Morgan fingerprint density at radius 2 is 2.00 bits per heavy atom. The van der Waals surface area contributed by atoms with Gasteiger partial charge in [-0.25, -0.2) is 0 Å². The molecule has 0 atom stereocenters. The van der Waals surface area contributed by atoms with Crippen LogP contribution in [0.2, 0.25) is 0 Å². The first-order valence-electron chi connectivity index (χ1n) is 4.81. The number of nitrogens with zero attached hydrogens (tertiary/aromatic N) is 1. The van der Waals surface area contributed by atoms with Gasteiger partial charge in [0.2, 0.25) is 0 Å². The number of amides is 1. The molecule has 0 radical (unpaired) electrons. The van der Waals surface area contributed by atoms with Crippen LogP contribution in [0.1, 0.15) is 10.5 Å². The number of carbonyl (C=O) groups is 1. The minimum Gasteiger partial charge on any atom is -0.364 e. The van der Waals surface area contributed by atoms with E-state index in [0.717, 1.165) is 5.69 Å². The number of nitrogens with two attached hydrogens (primary N) is 1. The monoisotopic (exact) mass is 295 g/mol. The summed E-state index contributed by atoms with van der Waals surface area (Å²) in [6.45, 7) is 0. The third kappa shape index (κ3) is 2.04. The minimum absolute atomic E-state index is 0.186. The molecule has 2 aromatic rings. The van der Waals surface area contributed by atoms with Gasteiger partial charge >= 0.3 is 0 Å². The van der Waals surface area contributed by atoms with E-state index in [2.05, 4.69) is 15.9 Å². The predicted molar refractivity (Wildman–Crippen MR) is 67.4 cm³/mol. The molecule has 6 heteroatoms. The normalized spacial score (nSPS) is 10.2. The van der Waals surface area contributed by atoms with Crippen molar-refractivity contribution in [1.29, 1.82) is 0 Å². The minimum atomic E-state index is -0.629. The van der Waals surface area contributed by atoms with E-state index in [1.807, 2.05) is 35.8 Å². The van der Waals surface area contributed by atoms with Crippen molar-refractivity contribution < 1.29 is 10.0 Å². The van der Waals surface area contributed by atoms with Crippen molar-refractivity contribution in [2.75, 3.05) is 5.48 Å². The number of nitrogens with one attached hydrogen (secondary N) is 1. The number of hydrogen-bond acceptors (Lipinski definition) is 3. The number of para-hydroxylation sites is 1. The van der Waals surface area contributed by atoms with Crippen LogP contribution < -0.4 is 11.2 Å². The molecular weight excluding hydrogens is 286 g/mol. The maximum absolute atomic E-state index is 11.4. The molecule has 1 heterocycles. The molecule has 0 unspecified atom stereocenters. The molecular formula is C11H10BrN3O2. The lowest BCUT2D eigenvalue weighted by atomic mass is 10.3. The van der Waals surface area contributed by atoms with Crippen molar-refractivity contribution in [2.45, 2.75) is 0 Å². The number of benzene rings is 1. The average Bonchev–Trinajstić information content (AvgIpc) is 2.67. The van der Waals surface area contributed by atoms with Gasteiger partial charge in [-0.1, -0.05) is 18.2 Å². The van der Waals surface area contributed by atoms with E-state index in [4.69, 9.17) is 10.9 Å². The highest BCUT2D eigenvalue weighted by atomic mass is 79.9. The Balaban J connectivity index is 2.66. The third-order valence-electron chi connectivity index (χ3n) is 2.34. The highest BCUT2D eigenvalue weighted by Gasteiger charge is 2.19. The van der Waals surface area contributed by atoms with Crippen molar-refractivity contribution in [3.05, 3.63) is 46.7 Å². The van der Waals surface area contributed by atoms with Gasteiger partial charge in [-0.05, 0) is 28.1 Å². The molecule has 17 heavy (non-hydrogen) atoms. The van der Waals surface area contributed by atoms with Crippen LogP contribution in [-0.2, 0) is 0 Å². The lowest BCUT2D eigenvalue weighted by Gasteiger charge is -2.07. The molecule has 2 rings (SSSR count). The molecule has 0 fully saturated rings. The topological polar surface area (TPSA) is 80.3 Å². The van der Waals surface area contributed by atoms with Gasteiger partial charge in [0.15, 0.2) is 0 Å². The van der Waals surface area contributed by atoms with Crippen molar-refractivity contribution in [3.8, 4) is 5.69 Å². The van der Waals surface area contributed by atoms with Gasteiger partial charge in [0, 0.05) is 11.9 Å². The van der Waals surface area contributed by atoms with Crippen LogP contribution in [0.3, 0.4) is 0 Å². The van der Waals surface area contributed by atoms with E-state index in [9.17, 15) is 4.79 Å². The summed E-state index contributed by atoms with van der Waals surface area (Å²) in [6.07, 6.45) is 1.66. The fourth-order valence-electron chi connectivity index (χ4n) is 1.62. The number of hydrogen-bond donors (Lipinski definition) is 3. The molecule has 88 valence electrons. The smallest absolute Gasteiger partial charge is 0.267 e. The average molecular weight is 296 g/mol. The number of anilines is 1. The Bertz CT molecular complexity index is 551. The second-order valence-electron chi connectivity index (χ2n) is 3.38. The Morgan fingerprint density at radius 1 is 1.35 bits per heavy atom. The summed E-state index contributed by atoms with van der Waals surface area (Å²) in [5.41, 5.74) is 8.49. The predicted octanol–water partition coefficient (Wildman–Crippen LogP) is 2.14. The highest BCUT2D eigenvalue weighted by Crippen LogP contribution is 2.30. The summed E-state index contributed by atoms with van der Waals surface area (Å²) in [5.74, 6) is -0.629. The Morgan fingerprint density at radius 3 is 2.53 bits per heavy atom. The van der Waals surface area contributed by atoms with Crippen LogP contribution in [-0.4, -0.2) is 15.7 Å². The number of primary amides is 1. The van der Waals surface area contributed by atoms with Gasteiger partial charge < -0.3 is 10.3 Å². The molecule has 1 aromatic carbocycles. The van der Waals surface area contributed by atoms with Crippen LogP contribution in [0, 0.1) is 0 Å². The Hall–Kier alpha value is -1.79. The lowest BCUT2D eigenvalue weighted by Crippen LogP contribution is -2.17. The third-order valence-corrected chi connectivity index (χ3v) is 2.94. The van der Waals surface area contributed by atoms with Crippen LogP contribution in [0.4, 0.5) is 5.69 Å². The van der Waals surface area contributed by atoms with E-state index in [1.165, 1.54) is 0 Å². The van der Waals surface area contributed by atoms with E-state index < -0.39 is 5.91 Å². The zero-order chi connectivity index (χ0) is 12.4. The summed E-state index contributed by atoms with van der Waals surface area (Å²) in [4.78, 5) is 11.4. The van der Waals surface area contributed by atoms with Gasteiger partial charge in [0.1, 0.15) is 11.4 Å². The molecule has 1 aromatic heterocycles. The largest absolute Gasteiger partial charge is 0.364 e. The SMILES string of the molecule is NC(=O)c1c(NO)c(Br)cn1-c1ccccc1. The van der Waals surface area contributed by atoms with Crippen LogP contribution in [0.25, 0.3) is 5.69 Å². The fraction of sp³-hybridized carbons (Fsp3) is 0. The van der Waals surface area contributed by atoms with E-state index in [-0.39, 0.29) is 11.4 Å². The first kappa shape index (κ1) is 11.7. The summed E-state index contributed by atoms with van der Waals surface area (Å²) < 4.78 is 2.16. The molecule has 4 N–H and O–H groups in total. The van der Waals surface area contributed by atoms with E-state index >= 15 is 0 Å². The number of halogens is 1. The maximum Gasteiger partial charge on any atom is 0.267 e.